The molecule has 0 unspecified atom stereocenters. The van der Waals surface area contributed by atoms with E-state index in [9.17, 15) is 9.59 Å². The van der Waals surface area contributed by atoms with Crippen molar-refractivity contribution in [3.8, 4) is 0 Å². The third-order valence-electron chi connectivity index (χ3n) is 3.46. The maximum Gasteiger partial charge on any atom is 0.325 e. The van der Waals surface area contributed by atoms with Crippen LogP contribution in [-0.4, -0.2) is 23.6 Å². The first kappa shape index (κ1) is 17.7. The van der Waals surface area contributed by atoms with Crippen LogP contribution in [0.4, 0.5) is 0 Å². The van der Waals surface area contributed by atoms with E-state index < -0.39 is 11.9 Å². The lowest BCUT2D eigenvalue weighted by molar-refractivity contribution is -0.141. The normalized spacial score (nSPS) is 11.7. The predicted molar refractivity (Wildman–Crippen MR) is 98.2 cm³/mol. The molecule has 0 aliphatic rings. The molecule has 3 aromatic rings. The summed E-state index contributed by atoms with van der Waals surface area (Å²) < 4.78 is 7.27. The van der Waals surface area contributed by atoms with Crippen molar-refractivity contribution in [1.29, 1.82) is 0 Å². The van der Waals surface area contributed by atoms with Crippen LogP contribution in [0.3, 0.4) is 0 Å². The maximum atomic E-state index is 12.5. The number of fused-ring (bicyclic) bond motifs is 1. The quantitative estimate of drug-likeness (QED) is 0.632. The number of esters is 1. The Labute approximate surface area is 157 Å². The van der Waals surface area contributed by atoms with Crippen LogP contribution in [0.2, 0.25) is 10.0 Å². The molecule has 5 nitrogen and oxygen atoms in total. The zero-order valence-electron chi connectivity index (χ0n) is 13.0. The lowest BCUT2D eigenvalue weighted by Crippen LogP contribution is -2.22. The van der Waals surface area contributed by atoms with E-state index in [1.165, 1.54) is 24.5 Å². The van der Waals surface area contributed by atoms with Crippen LogP contribution in [-0.2, 0) is 16.1 Å². The molecule has 1 heterocycles. The highest BCUT2D eigenvalue weighted by Crippen LogP contribution is 2.22. The molecule has 0 radical (unpaired) electrons. The Balaban J connectivity index is 2.15. The molecule has 0 saturated heterocycles. The van der Waals surface area contributed by atoms with Gasteiger partial charge in [0.05, 0.1) is 27.9 Å². The van der Waals surface area contributed by atoms with E-state index in [0.717, 1.165) is 10.2 Å². The molecular weight excluding hydrogens is 383 g/mol. The zero-order valence-corrected chi connectivity index (χ0v) is 15.4. The van der Waals surface area contributed by atoms with E-state index in [0.29, 0.717) is 9.82 Å². The molecule has 0 saturated carbocycles. The van der Waals surface area contributed by atoms with E-state index in [4.69, 9.17) is 27.9 Å². The van der Waals surface area contributed by atoms with Crippen molar-refractivity contribution < 1.29 is 14.3 Å². The van der Waals surface area contributed by atoms with Gasteiger partial charge in [-0.2, -0.15) is 4.99 Å². The molecular formula is C17H12Cl2N2O3S. The number of ether oxygens (including phenoxy) is 1. The summed E-state index contributed by atoms with van der Waals surface area (Å²) in [5, 5.41) is 0.653. The highest BCUT2D eigenvalue weighted by Gasteiger charge is 2.14. The summed E-state index contributed by atoms with van der Waals surface area (Å²) in [5.41, 5.74) is 0.998. The largest absolute Gasteiger partial charge is 0.468 e. The molecule has 1 amide bonds. The van der Waals surface area contributed by atoms with E-state index in [1.54, 1.807) is 16.7 Å². The number of hydrogen-bond acceptors (Lipinski definition) is 4. The van der Waals surface area contributed by atoms with Gasteiger partial charge in [0.15, 0.2) is 4.80 Å². The van der Waals surface area contributed by atoms with E-state index in [-0.39, 0.29) is 17.1 Å². The number of benzene rings is 2. The van der Waals surface area contributed by atoms with Gasteiger partial charge < -0.3 is 9.30 Å². The molecule has 1 aromatic heterocycles. The van der Waals surface area contributed by atoms with Gasteiger partial charge >= 0.3 is 5.97 Å². The Morgan fingerprint density at radius 3 is 2.72 bits per heavy atom. The summed E-state index contributed by atoms with van der Waals surface area (Å²) in [5.74, 6) is -0.962. The van der Waals surface area contributed by atoms with Crippen LogP contribution in [0, 0.1) is 0 Å². The number of nitrogens with zero attached hydrogens (tertiary/aromatic N) is 2. The second-order valence-electron chi connectivity index (χ2n) is 5.06. The van der Waals surface area contributed by atoms with Crippen molar-refractivity contribution in [3.63, 3.8) is 0 Å². The number of para-hydroxylation sites is 1. The lowest BCUT2D eigenvalue weighted by atomic mass is 10.2. The van der Waals surface area contributed by atoms with Crippen molar-refractivity contribution in [2.24, 2.45) is 4.99 Å². The van der Waals surface area contributed by atoms with Gasteiger partial charge in [0.2, 0.25) is 0 Å². The summed E-state index contributed by atoms with van der Waals surface area (Å²) in [4.78, 5) is 28.8. The van der Waals surface area contributed by atoms with Crippen LogP contribution < -0.4 is 4.80 Å². The van der Waals surface area contributed by atoms with Gasteiger partial charge in [0.1, 0.15) is 6.54 Å². The van der Waals surface area contributed by atoms with E-state index in [2.05, 4.69) is 4.99 Å². The Kier molecular flexibility index (Phi) is 5.22. The number of rotatable bonds is 3. The Hall–Kier alpha value is -2.15. The number of aromatic nitrogens is 1. The Morgan fingerprint density at radius 2 is 1.96 bits per heavy atom. The minimum Gasteiger partial charge on any atom is -0.468 e. The second kappa shape index (κ2) is 7.39. The predicted octanol–water partition coefficient (Wildman–Crippen LogP) is 3.92. The van der Waals surface area contributed by atoms with Crippen LogP contribution >= 0.6 is 34.5 Å². The standard InChI is InChI=1S/C17H12Cl2N2O3S/c1-24-15(22)9-21-13-4-2-3-5-14(13)25-17(21)20-16(23)11-8-10(18)6-7-12(11)19/h2-8H,9H2,1H3. The third kappa shape index (κ3) is 3.76. The number of halogens is 2. The number of carbonyl (C=O) groups excluding carboxylic acids is 2. The summed E-state index contributed by atoms with van der Waals surface area (Å²) >= 11 is 13.3. The molecule has 0 fully saturated rings. The highest BCUT2D eigenvalue weighted by molar-refractivity contribution is 7.16. The molecule has 0 aliphatic heterocycles. The van der Waals surface area contributed by atoms with Gasteiger partial charge in [-0.15, -0.1) is 0 Å². The molecule has 3 rings (SSSR count). The van der Waals surface area contributed by atoms with Gasteiger partial charge in [-0.3, -0.25) is 9.59 Å². The summed E-state index contributed by atoms with van der Waals surface area (Å²) in [7, 11) is 1.31. The first-order chi connectivity index (χ1) is 12.0. The molecule has 0 aliphatic carbocycles. The lowest BCUT2D eigenvalue weighted by Gasteiger charge is -2.04. The van der Waals surface area contributed by atoms with Crippen molar-refractivity contribution in [2.45, 2.75) is 6.54 Å². The van der Waals surface area contributed by atoms with Crippen LogP contribution in [0.1, 0.15) is 10.4 Å². The second-order valence-corrected chi connectivity index (χ2v) is 6.91. The smallest absolute Gasteiger partial charge is 0.325 e. The van der Waals surface area contributed by atoms with Crippen molar-refractivity contribution >= 4 is 56.6 Å². The fourth-order valence-corrected chi connectivity index (χ4v) is 3.66. The summed E-state index contributed by atoms with van der Waals surface area (Å²) in [6, 6.07) is 12.1. The monoisotopic (exact) mass is 394 g/mol. The van der Waals surface area contributed by atoms with Gasteiger partial charge in [-0.1, -0.05) is 46.7 Å². The number of carbonyl (C=O) groups is 2. The fourth-order valence-electron chi connectivity index (χ4n) is 2.26. The van der Waals surface area contributed by atoms with Crippen LogP contribution in [0.25, 0.3) is 10.2 Å². The van der Waals surface area contributed by atoms with Crippen molar-refractivity contribution in [2.75, 3.05) is 7.11 Å². The number of amides is 1. The molecule has 0 bridgehead atoms. The molecule has 8 heteroatoms. The zero-order chi connectivity index (χ0) is 18.0. The van der Waals surface area contributed by atoms with Gasteiger partial charge in [-0.25, -0.2) is 0 Å². The summed E-state index contributed by atoms with van der Waals surface area (Å²) in [6.07, 6.45) is 0. The number of hydrogen-bond donors (Lipinski definition) is 0. The van der Waals surface area contributed by atoms with Gasteiger partial charge in [-0.05, 0) is 30.3 Å². The molecule has 0 N–H and O–H groups in total. The summed E-state index contributed by atoms with van der Waals surface area (Å²) in [6.45, 7) is -0.0457. The molecule has 25 heavy (non-hydrogen) atoms. The fraction of sp³-hybridized carbons (Fsp3) is 0.118. The maximum absolute atomic E-state index is 12.5. The minimum absolute atomic E-state index is 0.0457. The average molecular weight is 395 g/mol. The molecule has 2 aromatic carbocycles. The molecule has 0 spiro atoms. The first-order valence-electron chi connectivity index (χ1n) is 7.19. The van der Waals surface area contributed by atoms with Gasteiger partial charge in [0.25, 0.3) is 5.91 Å². The third-order valence-corrected chi connectivity index (χ3v) is 5.08. The van der Waals surface area contributed by atoms with Crippen LogP contribution in [0.15, 0.2) is 47.5 Å². The Bertz CT molecular complexity index is 1040. The first-order valence-corrected chi connectivity index (χ1v) is 8.76. The van der Waals surface area contributed by atoms with Crippen LogP contribution in [0.5, 0.6) is 0 Å². The van der Waals surface area contributed by atoms with Gasteiger partial charge in [0, 0.05) is 5.02 Å². The van der Waals surface area contributed by atoms with Crippen molar-refractivity contribution in [1.82, 2.24) is 4.57 Å². The molecule has 128 valence electrons. The molecule has 0 atom stereocenters. The van der Waals surface area contributed by atoms with Crippen molar-refractivity contribution in [3.05, 3.63) is 62.9 Å². The number of methoxy groups -OCH3 is 1. The highest BCUT2D eigenvalue weighted by atomic mass is 35.5. The minimum atomic E-state index is -0.530. The Morgan fingerprint density at radius 1 is 1.20 bits per heavy atom. The number of thiazole rings is 1. The van der Waals surface area contributed by atoms with E-state index >= 15 is 0 Å². The topological polar surface area (TPSA) is 60.7 Å². The van der Waals surface area contributed by atoms with E-state index in [1.807, 2.05) is 24.3 Å². The average Bonchev–Trinajstić information content (AvgIpc) is 2.94. The SMILES string of the molecule is COC(=O)Cn1c(=NC(=O)c2cc(Cl)ccc2Cl)sc2ccccc21.